The number of hydrogen-bond donors (Lipinski definition) is 0. The van der Waals surface area contributed by atoms with E-state index in [0.717, 1.165) is 0 Å². The van der Waals surface area contributed by atoms with Gasteiger partial charge in [-0.3, -0.25) is 0 Å². The Balaban J connectivity index is 2.32. The highest BCUT2D eigenvalue weighted by Gasteiger charge is 2.35. The van der Waals surface area contributed by atoms with Gasteiger partial charge in [0.25, 0.3) is 0 Å². The summed E-state index contributed by atoms with van der Waals surface area (Å²) in [6.07, 6.45) is 7.32. The maximum absolute atomic E-state index is 4.19. The van der Waals surface area contributed by atoms with Gasteiger partial charge in [0.2, 0.25) is 0 Å². The van der Waals surface area contributed by atoms with Crippen LogP contribution in [0.25, 0.3) is 0 Å². The van der Waals surface area contributed by atoms with Crippen molar-refractivity contribution < 1.29 is 0 Å². The van der Waals surface area contributed by atoms with E-state index in [2.05, 4.69) is 29.1 Å². The Kier molecular flexibility index (Phi) is 6.78. The summed E-state index contributed by atoms with van der Waals surface area (Å²) in [6, 6.07) is 6.36. The topological polar surface area (TPSA) is 0 Å². The van der Waals surface area contributed by atoms with Crippen molar-refractivity contribution in [2.24, 2.45) is 0 Å². The van der Waals surface area contributed by atoms with Gasteiger partial charge in [0.1, 0.15) is 6.69 Å². The Bertz CT molecular complexity index is 175. The lowest BCUT2D eigenvalue weighted by molar-refractivity contribution is 0.844. The van der Waals surface area contributed by atoms with Crippen molar-refractivity contribution in [2.45, 2.75) is 75.8 Å². The molecule has 15 heavy (non-hydrogen) atoms. The zero-order chi connectivity index (χ0) is 11.1. The molecule has 0 nitrogen and oxygen atoms in total. The summed E-state index contributed by atoms with van der Waals surface area (Å²) < 4.78 is 0. The molecule has 0 aromatic rings. The van der Waals surface area contributed by atoms with Crippen molar-refractivity contribution in [1.29, 1.82) is 0 Å². The van der Waals surface area contributed by atoms with Crippen molar-refractivity contribution in [1.82, 2.24) is 0 Å². The molecule has 89 valence electrons. The highest BCUT2D eigenvalue weighted by Crippen LogP contribution is 2.39. The second-order valence-corrected chi connectivity index (χ2v) is 17.4. The fourth-order valence-corrected chi connectivity index (χ4v) is 18.5. The van der Waals surface area contributed by atoms with Gasteiger partial charge in [0.05, 0.1) is 0 Å². The summed E-state index contributed by atoms with van der Waals surface area (Å²) in [7, 11) is 0.0681. The van der Waals surface area contributed by atoms with Crippen LogP contribution in [0.1, 0.15) is 46.0 Å². The quantitative estimate of drug-likeness (QED) is 0.457. The van der Waals surface area contributed by atoms with E-state index < -0.39 is 6.69 Å². The van der Waals surface area contributed by atoms with Crippen LogP contribution in [0.15, 0.2) is 0 Å². The second kappa shape index (κ2) is 7.28. The molecule has 0 saturated carbocycles. The molecule has 0 aliphatic carbocycles. The molecule has 0 amide bonds. The van der Waals surface area contributed by atoms with Crippen LogP contribution in [-0.4, -0.2) is 15.5 Å². The van der Waals surface area contributed by atoms with Gasteiger partial charge in [-0.15, -0.1) is 15.3 Å². The average molecular weight is 306 g/mol. The molecule has 1 aliphatic heterocycles. The van der Waals surface area contributed by atoms with Crippen molar-refractivity contribution >= 4 is 30.8 Å². The van der Waals surface area contributed by atoms with Crippen LogP contribution in [0.2, 0.25) is 29.8 Å². The number of unbranched alkanes of at least 4 members (excludes halogenated alkanes) is 2. The van der Waals surface area contributed by atoms with E-state index in [-0.39, 0.29) is 8.80 Å². The van der Waals surface area contributed by atoms with Gasteiger partial charge in [-0.1, -0.05) is 63.7 Å². The van der Waals surface area contributed by atoms with Crippen LogP contribution in [0, 0.1) is 0 Å². The predicted molar refractivity (Wildman–Crippen MR) is 78.9 cm³/mol. The minimum absolute atomic E-state index is 0.0681. The molecule has 1 rings (SSSR count). The molecular weight excluding hydrogens is 280 g/mol. The molecule has 1 atom stereocenters. The first-order valence-electron chi connectivity index (χ1n) is 6.72. The van der Waals surface area contributed by atoms with Crippen LogP contribution >= 0.6 is 15.3 Å². The highest BCUT2D eigenvalue weighted by atomic mass is 79.9. The summed E-state index contributed by atoms with van der Waals surface area (Å²) >= 11 is 4.19. The largest absolute Gasteiger partial charge is 0.127 e. The zero-order valence-electron chi connectivity index (χ0n) is 10.4. The molecule has 3 heteroatoms. The molecule has 0 bridgehead atoms. The molecule has 1 unspecified atom stereocenters. The van der Waals surface area contributed by atoms with Gasteiger partial charge >= 0.3 is 0 Å². The maximum atomic E-state index is 4.19. The van der Waals surface area contributed by atoms with E-state index in [1.165, 1.54) is 25.7 Å². The number of rotatable bonds is 6. The molecule has 0 aromatic heterocycles. The lowest BCUT2D eigenvalue weighted by atomic mass is 10.4. The summed E-state index contributed by atoms with van der Waals surface area (Å²) in [4.78, 5) is 0. The predicted octanol–water partition coefficient (Wildman–Crippen LogP) is 5.36. The molecule has 1 aliphatic rings. The van der Waals surface area contributed by atoms with Crippen molar-refractivity contribution in [3.63, 3.8) is 0 Å². The summed E-state index contributed by atoms with van der Waals surface area (Å²) in [6.45, 7) is 3.75. The molecule has 1 fully saturated rings. The highest BCUT2D eigenvalue weighted by molar-refractivity contribution is 9.26. The number of halogens is 1. The first-order chi connectivity index (χ1) is 7.20. The molecule has 1 radical (unpaired) electrons. The second-order valence-electron chi connectivity index (χ2n) is 5.14. The fraction of sp³-hybridized carbons (Fsp3) is 1.00. The third kappa shape index (κ3) is 5.18. The Labute approximate surface area is 106 Å². The Morgan fingerprint density at radius 1 is 1.20 bits per heavy atom. The lowest BCUT2D eigenvalue weighted by Gasteiger charge is -2.34. The minimum atomic E-state index is -0.913. The smallest absolute Gasteiger partial charge is 0.126 e. The van der Waals surface area contributed by atoms with Crippen LogP contribution in [0.3, 0.4) is 0 Å². The lowest BCUT2D eigenvalue weighted by Crippen LogP contribution is -2.37. The molecule has 0 aromatic carbocycles. The van der Waals surface area contributed by atoms with Crippen molar-refractivity contribution in [2.75, 3.05) is 0 Å². The van der Waals surface area contributed by atoms with E-state index in [1.54, 1.807) is 36.3 Å². The molecular formula is C12H26BrSi2. The van der Waals surface area contributed by atoms with Crippen LogP contribution in [0.5, 0.6) is 0 Å². The fourth-order valence-electron chi connectivity index (χ4n) is 2.63. The zero-order valence-corrected chi connectivity index (χ0v) is 14.0. The SMILES string of the molecule is CCCC[Si]1CCC[Si](Br)(CCCC)C1. The molecule has 0 spiro atoms. The van der Waals surface area contributed by atoms with Gasteiger partial charge < -0.3 is 0 Å². The number of hydrogen-bond acceptors (Lipinski definition) is 0. The Hall–Kier alpha value is 0.914. The van der Waals surface area contributed by atoms with E-state index >= 15 is 0 Å². The first kappa shape index (κ1) is 14.0. The Morgan fingerprint density at radius 2 is 1.93 bits per heavy atom. The van der Waals surface area contributed by atoms with Crippen LogP contribution in [-0.2, 0) is 0 Å². The van der Waals surface area contributed by atoms with Gasteiger partial charge in [0, 0.05) is 8.80 Å². The monoisotopic (exact) mass is 305 g/mol. The third-order valence-corrected chi connectivity index (χ3v) is 17.6. The Morgan fingerprint density at radius 3 is 2.60 bits per heavy atom. The van der Waals surface area contributed by atoms with E-state index in [0.29, 0.717) is 0 Å². The van der Waals surface area contributed by atoms with Gasteiger partial charge in [-0.05, 0) is 12.1 Å². The molecule has 1 saturated heterocycles. The van der Waals surface area contributed by atoms with E-state index in [1.807, 2.05) is 0 Å². The van der Waals surface area contributed by atoms with Gasteiger partial charge in [-0.25, -0.2) is 0 Å². The normalized spacial score (nSPS) is 28.2. The summed E-state index contributed by atoms with van der Waals surface area (Å²) in [5.41, 5.74) is 1.68. The van der Waals surface area contributed by atoms with E-state index in [4.69, 9.17) is 0 Å². The minimum Gasteiger partial charge on any atom is -0.126 e. The van der Waals surface area contributed by atoms with Crippen molar-refractivity contribution in [3.8, 4) is 0 Å². The summed E-state index contributed by atoms with van der Waals surface area (Å²) in [5, 5.41) is 0. The van der Waals surface area contributed by atoms with Gasteiger partial charge in [-0.2, -0.15) is 0 Å². The third-order valence-electron chi connectivity index (χ3n) is 3.58. The standard InChI is InChI=1S/C12H26BrSi2/c1-3-5-8-14-9-7-11-15(13,12-14)10-6-4-2/h3-12H2,1-2H3. The summed E-state index contributed by atoms with van der Waals surface area (Å²) in [5.74, 6) is 0. The molecule has 0 N–H and O–H groups in total. The van der Waals surface area contributed by atoms with E-state index in [9.17, 15) is 0 Å². The van der Waals surface area contributed by atoms with Crippen molar-refractivity contribution in [3.05, 3.63) is 0 Å². The average Bonchev–Trinajstić information content (AvgIpc) is 2.24. The van der Waals surface area contributed by atoms with Gasteiger partial charge in [0.15, 0.2) is 0 Å². The maximum Gasteiger partial charge on any atom is 0.127 e. The molecule has 1 heterocycles. The van der Waals surface area contributed by atoms with Crippen LogP contribution < -0.4 is 0 Å². The van der Waals surface area contributed by atoms with Crippen LogP contribution in [0.4, 0.5) is 0 Å². The first-order valence-corrected chi connectivity index (χ1v) is 13.7.